The lowest BCUT2D eigenvalue weighted by Crippen LogP contribution is -2.48. The number of nitrogens with zero attached hydrogens (tertiary/aromatic N) is 5. The minimum atomic E-state index is -2.59. The Hall–Kier alpha value is -3.55. The Kier molecular flexibility index (Phi) is 5.47. The van der Waals surface area contributed by atoms with E-state index in [-0.39, 0.29) is 34.9 Å². The number of aromatic amines is 1. The van der Waals surface area contributed by atoms with Gasteiger partial charge in [-0.25, -0.2) is 9.89 Å². The topological polar surface area (TPSA) is 167 Å². The van der Waals surface area contributed by atoms with Gasteiger partial charge in [0.2, 0.25) is 0 Å². The zero-order chi connectivity index (χ0) is 26.1. The summed E-state index contributed by atoms with van der Waals surface area (Å²) in [5.41, 5.74) is 9.26. The zero-order valence-electron chi connectivity index (χ0n) is 20.6. The predicted molar refractivity (Wildman–Crippen MR) is 142 cm³/mol. The van der Waals surface area contributed by atoms with Gasteiger partial charge in [0.15, 0.2) is 17.1 Å². The lowest BCUT2D eigenvalue weighted by atomic mass is 10.1. The smallest absolute Gasteiger partial charge is 0.320 e. The molecule has 13 heteroatoms. The van der Waals surface area contributed by atoms with Crippen LogP contribution in [0.25, 0.3) is 33.3 Å². The Bertz CT molecular complexity index is 1600. The maximum absolute atomic E-state index is 13.2. The van der Waals surface area contributed by atoms with E-state index in [2.05, 4.69) is 21.4 Å². The van der Waals surface area contributed by atoms with Gasteiger partial charge in [-0.05, 0) is 32.4 Å². The van der Waals surface area contributed by atoms with E-state index < -0.39 is 16.1 Å². The second kappa shape index (κ2) is 8.50. The predicted octanol–water partition coefficient (Wildman–Crippen LogP) is 3.16. The summed E-state index contributed by atoms with van der Waals surface area (Å²) in [5.74, 6) is 1.10. The number of benzene rings is 1. The molecule has 5 heterocycles. The number of anilines is 1. The van der Waals surface area contributed by atoms with Crippen molar-refractivity contribution in [3.63, 3.8) is 0 Å². The van der Waals surface area contributed by atoms with Crippen LogP contribution in [0, 0.1) is 13.8 Å². The minimum Gasteiger partial charge on any atom is -0.454 e. The number of hydrogen-bond acceptors (Lipinski definition) is 8. The van der Waals surface area contributed by atoms with E-state index in [1.165, 1.54) is 0 Å². The summed E-state index contributed by atoms with van der Waals surface area (Å²) < 4.78 is 27.9. The second-order valence-electron chi connectivity index (χ2n) is 9.88. The fraction of sp³-hybridized carbons (Fsp3) is 0.417. The number of H-pyrrole nitrogens is 1. The molecule has 37 heavy (non-hydrogen) atoms. The van der Waals surface area contributed by atoms with Crippen LogP contribution in [0.1, 0.15) is 23.6 Å². The van der Waals surface area contributed by atoms with E-state index >= 15 is 0 Å². The van der Waals surface area contributed by atoms with Crippen molar-refractivity contribution in [1.82, 2.24) is 29.8 Å². The fourth-order valence-electron chi connectivity index (χ4n) is 5.33. The number of urea groups is 1. The highest BCUT2D eigenvalue weighted by atomic mass is 32.3. The molecule has 6 rings (SSSR count). The van der Waals surface area contributed by atoms with Gasteiger partial charge in [-0.3, -0.25) is 18.6 Å². The Balaban J connectivity index is 1.41. The van der Waals surface area contributed by atoms with Crippen molar-refractivity contribution in [3.8, 4) is 11.5 Å². The standard InChI is InChI=1S/C24H29N7O5S/c1-13-3-4-17-16(11-13)14(2)21(36-17)20-18-19(23(32)27-26-22(18)25)28-31(20)15-5-6-30(12-15)24(33)29-7-9-37(34,35)10-8-29/h3-4,11,15,34-35H,5-10,12H2,1-2H3,(H2,25,26)(H,27,32). The van der Waals surface area contributed by atoms with Crippen molar-refractivity contribution in [2.24, 2.45) is 0 Å². The van der Waals surface area contributed by atoms with Crippen molar-refractivity contribution < 1.29 is 18.3 Å². The number of carbonyl (C=O) groups excluding carboxylic acids is 1. The largest absolute Gasteiger partial charge is 0.454 e. The summed E-state index contributed by atoms with van der Waals surface area (Å²) in [7, 11) is -2.59. The van der Waals surface area contributed by atoms with Crippen LogP contribution in [-0.2, 0) is 0 Å². The molecule has 2 saturated heterocycles. The molecule has 0 saturated carbocycles. The van der Waals surface area contributed by atoms with Gasteiger partial charge in [-0.2, -0.15) is 20.8 Å². The summed E-state index contributed by atoms with van der Waals surface area (Å²) in [6, 6.07) is 5.60. The van der Waals surface area contributed by atoms with Crippen LogP contribution >= 0.6 is 10.6 Å². The molecule has 2 fully saturated rings. The molecule has 0 radical (unpaired) electrons. The Morgan fingerprint density at radius 2 is 1.95 bits per heavy atom. The third-order valence-corrected chi connectivity index (χ3v) is 9.07. The van der Waals surface area contributed by atoms with Crippen molar-refractivity contribution in [2.45, 2.75) is 26.3 Å². The number of carbonyl (C=O) groups is 1. The zero-order valence-corrected chi connectivity index (χ0v) is 21.4. The van der Waals surface area contributed by atoms with Gasteiger partial charge in [-0.15, -0.1) is 0 Å². The number of fused-ring (bicyclic) bond motifs is 2. The number of hydrogen-bond donors (Lipinski definition) is 4. The molecule has 4 aromatic rings. The number of likely N-dealkylation sites (tertiary alicyclic amines) is 1. The molecule has 2 amide bonds. The molecule has 196 valence electrons. The first-order valence-corrected chi connectivity index (χ1v) is 14.1. The first-order valence-electron chi connectivity index (χ1n) is 12.2. The van der Waals surface area contributed by atoms with Gasteiger partial charge in [0, 0.05) is 37.1 Å². The number of aryl methyl sites for hydroxylation is 2. The van der Waals surface area contributed by atoms with Crippen molar-refractivity contribution in [3.05, 3.63) is 39.7 Å². The van der Waals surface area contributed by atoms with Crippen LogP contribution in [0.4, 0.5) is 10.6 Å². The van der Waals surface area contributed by atoms with Crippen LogP contribution in [0.2, 0.25) is 0 Å². The van der Waals surface area contributed by atoms with Gasteiger partial charge < -0.3 is 20.0 Å². The monoisotopic (exact) mass is 527 g/mol. The lowest BCUT2D eigenvalue weighted by molar-refractivity contribution is 0.164. The van der Waals surface area contributed by atoms with Crippen LogP contribution in [0.15, 0.2) is 27.4 Å². The van der Waals surface area contributed by atoms with Crippen LogP contribution in [-0.4, -0.2) is 82.6 Å². The van der Waals surface area contributed by atoms with E-state index in [0.717, 1.165) is 22.1 Å². The van der Waals surface area contributed by atoms with Crippen LogP contribution in [0.3, 0.4) is 0 Å². The highest BCUT2D eigenvalue weighted by molar-refractivity contribution is 8.24. The molecule has 3 aromatic heterocycles. The fourth-order valence-corrected chi connectivity index (χ4v) is 6.56. The first-order chi connectivity index (χ1) is 17.6. The van der Waals surface area contributed by atoms with Crippen molar-refractivity contribution in [2.75, 3.05) is 43.4 Å². The maximum Gasteiger partial charge on any atom is 0.320 e. The van der Waals surface area contributed by atoms with E-state index in [0.29, 0.717) is 49.4 Å². The number of furan rings is 1. The SMILES string of the molecule is Cc1ccc2oc(-c3c4c(N)n[nH]c(=O)c4nn3C3CCN(C(=O)N4CCS(O)(O)CC4)C3)c(C)c2c1. The lowest BCUT2D eigenvalue weighted by Gasteiger charge is -2.41. The minimum absolute atomic E-state index is 0.134. The number of nitrogens with one attached hydrogen (secondary N) is 1. The average molecular weight is 528 g/mol. The average Bonchev–Trinajstić information content (AvgIpc) is 3.57. The molecular weight excluding hydrogens is 498 g/mol. The molecule has 0 aliphatic carbocycles. The van der Waals surface area contributed by atoms with Gasteiger partial charge in [0.05, 0.1) is 22.9 Å². The molecule has 5 N–H and O–H groups in total. The summed E-state index contributed by atoms with van der Waals surface area (Å²) in [6.07, 6.45) is 0.624. The van der Waals surface area contributed by atoms with Crippen LogP contribution < -0.4 is 11.3 Å². The Labute approximate surface area is 213 Å². The molecule has 2 aliphatic rings. The van der Waals surface area contributed by atoms with Gasteiger partial charge >= 0.3 is 6.03 Å². The third-order valence-electron chi connectivity index (χ3n) is 7.39. The molecule has 12 nitrogen and oxygen atoms in total. The number of rotatable bonds is 2. The second-order valence-corrected chi connectivity index (χ2v) is 12.3. The number of amides is 2. The molecule has 2 aliphatic heterocycles. The summed E-state index contributed by atoms with van der Waals surface area (Å²) in [4.78, 5) is 29.3. The van der Waals surface area contributed by atoms with Crippen molar-refractivity contribution in [1.29, 1.82) is 0 Å². The highest BCUT2D eigenvalue weighted by Crippen LogP contribution is 2.42. The molecular formula is C24H29N7O5S. The van der Waals surface area contributed by atoms with Gasteiger partial charge in [-0.1, -0.05) is 11.6 Å². The molecule has 0 bridgehead atoms. The van der Waals surface area contributed by atoms with E-state index in [1.54, 1.807) is 14.5 Å². The van der Waals surface area contributed by atoms with Crippen LogP contribution in [0.5, 0.6) is 0 Å². The Morgan fingerprint density at radius 1 is 1.19 bits per heavy atom. The third kappa shape index (κ3) is 3.93. The highest BCUT2D eigenvalue weighted by Gasteiger charge is 2.36. The first kappa shape index (κ1) is 23.8. The van der Waals surface area contributed by atoms with Crippen molar-refractivity contribution >= 4 is 44.3 Å². The summed E-state index contributed by atoms with van der Waals surface area (Å²) in [6.45, 7) is 5.50. The molecule has 1 unspecified atom stereocenters. The molecule has 1 aromatic carbocycles. The van der Waals surface area contributed by atoms with Gasteiger partial charge in [0.25, 0.3) is 5.56 Å². The quantitative estimate of drug-likeness (QED) is 0.308. The van der Waals surface area contributed by atoms with Gasteiger partial charge in [0.1, 0.15) is 11.3 Å². The Morgan fingerprint density at radius 3 is 2.70 bits per heavy atom. The normalized spacial score (nSPS) is 20.7. The summed E-state index contributed by atoms with van der Waals surface area (Å²) >= 11 is 0. The molecule has 1 atom stereocenters. The molecule has 0 spiro atoms. The number of aromatic nitrogens is 4. The van der Waals surface area contributed by atoms with E-state index in [1.807, 2.05) is 26.0 Å². The van der Waals surface area contributed by atoms with E-state index in [4.69, 9.17) is 10.2 Å². The van der Waals surface area contributed by atoms with E-state index in [9.17, 15) is 18.7 Å². The number of nitrogen functional groups attached to an aromatic ring is 1. The maximum atomic E-state index is 13.2. The number of nitrogens with two attached hydrogens (primary N) is 1. The summed E-state index contributed by atoms with van der Waals surface area (Å²) in [5, 5.41) is 12.4.